The van der Waals surface area contributed by atoms with Gasteiger partial charge in [0.25, 0.3) is 0 Å². The van der Waals surface area contributed by atoms with Crippen LogP contribution in [0.3, 0.4) is 0 Å². The van der Waals surface area contributed by atoms with E-state index in [2.05, 4.69) is 23.1 Å². The predicted molar refractivity (Wildman–Crippen MR) is 80.3 cm³/mol. The Kier molecular flexibility index (Phi) is 4.96. The molecule has 1 heterocycles. The largest absolute Gasteiger partial charge is 0.379 e. The van der Waals surface area contributed by atoms with Crippen LogP contribution >= 0.6 is 0 Å². The van der Waals surface area contributed by atoms with Crippen molar-refractivity contribution in [2.75, 3.05) is 26.3 Å². The molecule has 1 aliphatic heterocycles. The summed E-state index contributed by atoms with van der Waals surface area (Å²) in [5.41, 5.74) is 1.37. The molecule has 1 aromatic carbocycles. The fourth-order valence-electron chi connectivity index (χ4n) is 2.95. The molecule has 0 aliphatic carbocycles. The summed E-state index contributed by atoms with van der Waals surface area (Å²) in [7, 11) is 0. The van der Waals surface area contributed by atoms with E-state index >= 15 is 0 Å². The lowest BCUT2D eigenvalue weighted by atomic mass is 9.81. The molecule has 2 atom stereocenters. The van der Waals surface area contributed by atoms with Crippen molar-refractivity contribution in [2.24, 2.45) is 5.92 Å². The molecular weight excluding hydrogens is 262 g/mol. The van der Waals surface area contributed by atoms with Gasteiger partial charge in [-0.2, -0.15) is 10.5 Å². The third-order valence-corrected chi connectivity index (χ3v) is 4.05. The fourth-order valence-corrected chi connectivity index (χ4v) is 2.95. The standard InChI is InChI=1S/C17H21N3O/c1-14-4-3-5-16(10-14)17(13-19,11-15(2)12-18)20-6-8-21-9-7-20/h3-5,10,15H,6-9,11H2,1-2H3/t15-,17-/m0/s1. The zero-order chi connectivity index (χ0) is 15.3. The Morgan fingerprint density at radius 2 is 2.05 bits per heavy atom. The van der Waals surface area contributed by atoms with Crippen LogP contribution in [0.1, 0.15) is 24.5 Å². The second-order valence-electron chi connectivity index (χ2n) is 5.68. The highest BCUT2D eigenvalue weighted by Gasteiger charge is 2.41. The molecule has 2 rings (SSSR count). The summed E-state index contributed by atoms with van der Waals surface area (Å²) >= 11 is 0. The Labute approximate surface area is 126 Å². The van der Waals surface area contributed by atoms with Gasteiger partial charge in [0.1, 0.15) is 5.54 Å². The van der Waals surface area contributed by atoms with E-state index in [1.807, 2.05) is 32.0 Å². The van der Waals surface area contributed by atoms with Crippen molar-refractivity contribution in [3.05, 3.63) is 35.4 Å². The normalized spacial score (nSPS) is 20.0. The van der Waals surface area contributed by atoms with Gasteiger partial charge in [-0.05, 0) is 25.8 Å². The number of hydrogen-bond acceptors (Lipinski definition) is 4. The molecule has 4 nitrogen and oxygen atoms in total. The van der Waals surface area contributed by atoms with Crippen LogP contribution in [0.15, 0.2) is 24.3 Å². The SMILES string of the molecule is Cc1cccc([C@@](C#N)(C[C@H](C)C#N)N2CCOCC2)c1. The molecule has 4 heteroatoms. The second kappa shape index (κ2) is 6.72. The molecule has 1 saturated heterocycles. The molecule has 21 heavy (non-hydrogen) atoms. The molecule has 0 amide bonds. The minimum Gasteiger partial charge on any atom is -0.379 e. The number of nitriles is 2. The summed E-state index contributed by atoms with van der Waals surface area (Å²) in [5.74, 6) is -0.173. The van der Waals surface area contributed by atoms with E-state index in [0.29, 0.717) is 19.6 Å². The third kappa shape index (κ3) is 3.24. The van der Waals surface area contributed by atoms with Crippen LogP contribution in [0.2, 0.25) is 0 Å². The molecule has 0 N–H and O–H groups in total. The van der Waals surface area contributed by atoms with Gasteiger partial charge in [0, 0.05) is 19.0 Å². The maximum Gasteiger partial charge on any atom is 0.136 e. The molecule has 110 valence electrons. The van der Waals surface area contributed by atoms with Crippen molar-refractivity contribution in [2.45, 2.75) is 25.8 Å². The van der Waals surface area contributed by atoms with E-state index in [9.17, 15) is 10.5 Å². The van der Waals surface area contributed by atoms with E-state index in [1.165, 1.54) is 0 Å². The van der Waals surface area contributed by atoms with Crippen LogP contribution in [-0.4, -0.2) is 31.2 Å². The fraction of sp³-hybridized carbons (Fsp3) is 0.529. The average Bonchev–Trinajstić information content (AvgIpc) is 2.53. The molecular formula is C17H21N3O. The first kappa shape index (κ1) is 15.5. The molecule has 0 radical (unpaired) electrons. The molecule has 0 bridgehead atoms. The van der Waals surface area contributed by atoms with E-state index in [4.69, 9.17) is 4.74 Å². The van der Waals surface area contributed by atoms with Crippen molar-refractivity contribution in [1.82, 2.24) is 4.90 Å². The Morgan fingerprint density at radius 1 is 1.33 bits per heavy atom. The summed E-state index contributed by atoms with van der Waals surface area (Å²) in [6, 6.07) is 12.8. The Hall–Kier alpha value is -1.88. The molecule has 1 aliphatic rings. The van der Waals surface area contributed by atoms with Gasteiger partial charge in [0.2, 0.25) is 0 Å². The lowest BCUT2D eigenvalue weighted by Gasteiger charge is -2.42. The minimum absolute atomic E-state index is 0.173. The van der Waals surface area contributed by atoms with Crippen LogP contribution < -0.4 is 0 Å². The van der Waals surface area contributed by atoms with E-state index in [1.54, 1.807) is 0 Å². The number of morpholine rings is 1. The molecule has 0 unspecified atom stereocenters. The molecule has 0 spiro atoms. The first-order valence-electron chi connectivity index (χ1n) is 7.33. The van der Waals surface area contributed by atoms with Crippen molar-refractivity contribution >= 4 is 0 Å². The summed E-state index contributed by atoms with van der Waals surface area (Å²) in [6.07, 6.45) is 0.517. The lowest BCUT2D eigenvalue weighted by Crippen LogP contribution is -2.51. The highest BCUT2D eigenvalue weighted by Crippen LogP contribution is 2.35. The van der Waals surface area contributed by atoms with Crippen LogP contribution in [0.5, 0.6) is 0 Å². The van der Waals surface area contributed by atoms with E-state index < -0.39 is 5.54 Å². The highest BCUT2D eigenvalue weighted by atomic mass is 16.5. The monoisotopic (exact) mass is 283 g/mol. The van der Waals surface area contributed by atoms with Crippen LogP contribution in [0.25, 0.3) is 0 Å². The van der Waals surface area contributed by atoms with Crippen molar-refractivity contribution in [3.63, 3.8) is 0 Å². The zero-order valence-corrected chi connectivity index (χ0v) is 12.7. The molecule has 0 aromatic heterocycles. The minimum atomic E-state index is -0.745. The average molecular weight is 283 g/mol. The summed E-state index contributed by atoms with van der Waals surface area (Å²) in [4.78, 5) is 2.17. The van der Waals surface area contributed by atoms with Crippen LogP contribution in [0.4, 0.5) is 0 Å². The first-order valence-corrected chi connectivity index (χ1v) is 7.33. The van der Waals surface area contributed by atoms with Gasteiger partial charge in [-0.15, -0.1) is 0 Å². The topological polar surface area (TPSA) is 60.0 Å². The first-order chi connectivity index (χ1) is 10.1. The molecule has 0 saturated carbocycles. The zero-order valence-electron chi connectivity index (χ0n) is 12.7. The number of hydrogen-bond donors (Lipinski definition) is 0. The second-order valence-corrected chi connectivity index (χ2v) is 5.68. The van der Waals surface area contributed by atoms with Crippen molar-refractivity contribution < 1.29 is 4.74 Å². The van der Waals surface area contributed by atoms with Crippen molar-refractivity contribution in [1.29, 1.82) is 10.5 Å². The summed E-state index contributed by atoms with van der Waals surface area (Å²) < 4.78 is 5.41. The van der Waals surface area contributed by atoms with E-state index in [-0.39, 0.29) is 5.92 Å². The summed E-state index contributed by atoms with van der Waals surface area (Å²) in [5, 5.41) is 19.2. The smallest absolute Gasteiger partial charge is 0.136 e. The number of ether oxygens (including phenoxy) is 1. The number of rotatable bonds is 4. The van der Waals surface area contributed by atoms with Gasteiger partial charge in [-0.1, -0.05) is 29.8 Å². The van der Waals surface area contributed by atoms with Crippen LogP contribution in [-0.2, 0) is 10.3 Å². The predicted octanol–water partition coefficient (Wildman–Crippen LogP) is 2.60. The Morgan fingerprint density at radius 3 is 2.62 bits per heavy atom. The van der Waals surface area contributed by atoms with Crippen molar-refractivity contribution in [3.8, 4) is 12.1 Å². The van der Waals surface area contributed by atoms with Gasteiger partial charge >= 0.3 is 0 Å². The van der Waals surface area contributed by atoms with Crippen LogP contribution in [0, 0.1) is 35.5 Å². The third-order valence-electron chi connectivity index (χ3n) is 4.05. The molecule has 1 fully saturated rings. The molecule has 1 aromatic rings. The number of nitrogens with zero attached hydrogens (tertiary/aromatic N) is 3. The lowest BCUT2D eigenvalue weighted by molar-refractivity contribution is -0.0104. The van der Waals surface area contributed by atoms with Gasteiger partial charge in [-0.25, -0.2) is 0 Å². The summed E-state index contributed by atoms with van der Waals surface area (Å²) in [6.45, 7) is 6.62. The maximum absolute atomic E-state index is 9.98. The quantitative estimate of drug-likeness (QED) is 0.852. The van der Waals surface area contributed by atoms with Gasteiger partial charge in [0.05, 0.1) is 25.4 Å². The number of aryl methyl sites for hydroxylation is 1. The Bertz CT molecular complexity index is 566. The maximum atomic E-state index is 9.98. The van der Waals surface area contributed by atoms with Gasteiger partial charge in [0.15, 0.2) is 0 Å². The Balaban J connectivity index is 2.46. The van der Waals surface area contributed by atoms with Gasteiger partial charge in [-0.3, -0.25) is 4.90 Å². The van der Waals surface area contributed by atoms with Gasteiger partial charge < -0.3 is 4.74 Å². The highest BCUT2D eigenvalue weighted by molar-refractivity contribution is 5.35. The van der Waals surface area contributed by atoms with E-state index in [0.717, 1.165) is 24.2 Å². The number of benzene rings is 1.